The van der Waals surface area contributed by atoms with Gasteiger partial charge >= 0.3 is 0 Å². The normalized spacial score (nSPS) is 10.1. The lowest BCUT2D eigenvalue weighted by atomic mass is 10.1. The topological polar surface area (TPSA) is 59.6 Å². The Morgan fingerprint density at radius 2 is 1.75 bits per heavy atom. The zero-order chi connectivity index (χ0) is 17.4. The molecule has 0 aliphatic heterocycles. The van der Waals surface area contributed by atoms with E-state index >= 15 is 0 Å². The molecule has 2 aromatic carbocycles. The monoisotopic (exact) mass is 332 g/mol. The Bertz CT molecular complexity index is 674. The van der Waals surface area contributed by atoms with E-state index < -0.39 is 0 Å². The first-order chi connectivity index (χ1) is 11.6. The van der Waals surface area contributed by atoms with E-state index in [1.54, 1.807) is 38.5 Å². The molecule has 0 spiro atoms. The maximum absolute atomic E-state index is 12.8. The third-order valence-electron chi connectivity index (χ3n) is 3.49. The van der Waals surface area contributed by atoms with Crippen molar-refractivity contribution in [2.24, 2.45) is 0 Å². The fourth-order valence-corrected chi connectivity index (χ4v) is 2.19. The first kappa shape index (κ1) is 17.6. The van der Waals surface area contributed by atoms with Gasteiger partial charge in [-0.15, -0.1) is 0 Å². The summed E-state index contributed by atoms with van der Waals surface area (Å²) in [6.07, 6.45) is 0.655. The second-order valence-electron chi connectivity index (χ2n) is 5.15. The smallest absolute Gasteiger partial charge is 0.239 e. The largest absolute Gasteiger partial charge is 0.493 e. The van der Waals surface area contributed by atoms with E-state index in [2.05, 4.69) is 10.6 Å². The van der Waals surface area contributed by atoms with Crippen molar-refractivity contribution < 1.29 is 18.7 Å². The minimum Gasteiger partial charge on any atom is -0.493 e. The molecule has 6 heteroatoms. The van der Waals surface area contributed by atoms with Crippen molar-refractivity contribution in [1.82, 2.24) is 5.32 Å². The highest BCUT2D eigenvalue weighted by molar-refractivity contribution is 5.80. The van der Waals surface area contributed by atoms with Gasteiger partial charge in [0, 0.05) is 18.3 Å². The molecular weight excluding hydrogens is 311 g/mol. The molecule has 128 valence electrons. The molecule has 0 fully saturated rings. The van der Waals surface area contributed by atoms with Crippen molar-refractivity contribution in [2.75, 3.05) is 32.6 Å². The zero-order valence-corrected chi connectivity index (χ0v) is 13.8. The number of anilines is 1. The number of halogens is 1. The molecule has 0 heterocycles. The van der Waals surface area contributed by atoms with Crippen molar-refractivity contribution in [2.45, 2.75) is 6.42 Å². The summed E-state index contributed by atoms with van der Waals surface area (Å²) in [5, 5.41) is 5.85. The van der Waals surface area contributed by atoms with Crippen LogP contribution in [0, 0.1) is 5.82 Å². The van der Waals surface area contributed by atoms with Crippen molar-refractivity contribution in [1.29, 1.82) is 0 Å². The first-order valence-corrected chi connectivity index (χ1v) is 7.59. The van der Waals surface area contributed by atoms with Crippen LogP contribution in [0.1, 0.15) is 5.56 Å². The molecule has 0 bridgehead atoms. The van der Waals surface area contributed by atoms with Crippen LogP contribution in [0.2, 0.25) is 0 Å². The van der Waals surface area contributed by atoms with Crippen LogP contribution in [0.25, 0.3) is 0 Å². The number of nitrogens with one attached hydrogen (secondary N) is 2. The molecule has 2 aromatic rings. The van der Waals surface area contributed by atoms with Crippen LogP contribution in [0.4, 0.5) is 10.1 Å². The van der Waals surface area contributed by atoms with Gasteiger partial charge in [0.25, 0.3) is 0 Å². The van der Waals surface area contributed by atoms with Crippen molar-refractivity contribution in [3.8, 4) is 11.5 Å². The summed E-state index contributed by atoms with van der Waals surface area (Å²) in [4.78, 5) is 11.8. The summed E-state index contributed by atoms with van der Waals surface area (Å²) in [5.41, 5.74) is 1.74. The Labute approximate surface area is 140 Å². The lowest BCUT2D eigenvalue weighted by molar-refractivity contribution is -0.119. The number of ether oxygens (including phenoxy) is 2. The van der Waals surface area contributed by atoms with Gasteiger partial charge in [-0.05, 0) is 36.2 Å². The highest BCUT2D eigenvalue weighted by Crippen LogP contribution is 2.29. The number of amides is 1. The molecule has 5 nitrogen and oxygen atoms in total. The van der Waals surface area contributed by atoms with Crippen LogP contribution < -0.4 is 20.1 Å². The van der Waals surface area contributed by atoms with Crippen LogP contribution in [-0.4, -0.2) is 33.2 Å². The van der Waals surface area contributed by atoms with Gasteiger partial charge in [0.1, 0.15) is 5.82 Å². The fourth-order valence-electron chi connectivity index (χ4n) is 2.19. The summed E-state index contributed by atoms with van der Waals surface area (Å²) in [5.74, 6) is 0.847. The Hall–Kier alpha value is -2.76. The number of carbonyl (C=O) groups excluding carboxylic acids is 1. The second kappa shape index (κ2) is 8.76. The number of rotatable bonds is 8. The first-order valence-electron chi connectivity index (χ1n) is 7.59. The molecule has 0 saturated heterocycles. The standard InChI is InChI=1S/C18H21FN2O3/c1-23-16-8-7-15(11-17(16)24-2)21-12-18(22)20-10-9-13-3-5-14(19)6-4-13/h3-8,11,21H,9-10,12H2,1-2H3,(H,20,22). The SMILES string of the molecule is COc1ccc(NCC(=O)NCCc2ccc(F)cc2)cc1OC. The highest BCUT2D eigenvalue weighted by atomic mass is 19.1. The van der Waals surface area contributed by atoms with Crippen molar-refractivity contribution >= 4 is 11.6 Å². The van der Waals surface area contributed by atoms with E-state index in [1.165, 1.54) is 12.1 Å². The predicted octanol–water partition coefficient (Wildman–Crippen LogP) is 2.61. The molecule has 2 rings (SSSR count). The number of carbonyl (C=O) groups is 1. The third kappa shape index (κ3) is 5.15. The summed E-state index contributed by atoms with van der Waals surface area (Å²) >= 11 is 0. The minimum atomic E-state index is -0.262. The Kier molecular flexibility index (Phi) is 6.42. The Balaban J connectivity index is 1.75. The number of hydrogen-bond donors (Lipinski definition) is 2. The summed E-state index contributed by atoms with van der Waals surface area (Å²) in [7, 11) is 3.13. The lowest BCUT2D eigenvalue weighted by Crippen LogP contribution is -2.31. The highest BCUT2D eigenvalue weighted by Gasteiger charge is 2.06. The van der Waals surface area contributed by atoms with E-state index in [4.69, 9.17) is 9.47 Å². The van der Waals surface area contributed by atoms with E-state index in [0.29, 0.717) is 24.5 Å². The maximum atomic E-state index is 12.8. The van der Waals surface area contributed by atoms with Gasteiger partial charge in [-0.1, -0.05) is 12.1 Å². The van der Waals surface area contributed by atoms with Crippen LogP contribution in [0.5, 0.6) is 11.5 Å². The quantitative estimate of drug-likeness (QED) is 0.780. The molecule has 0 radical (unpaired) electrons. The lowest BCUT2D eigenvalue weighted by Gasteiger charge is -2.11. The van der Waals surface area contributed by atoms with Crippen LogP contribution >= 0.6 is 0 Å². The van der Waals surface area contributed by atoms with Gasteiger partial charge in [0.15, 0.2) is 11.5 Å². The van der Waals surface area contributed by atoms with Crippen molar-refractivity contribution in [3.05, 3.63) is 53.8 Å². The maximum Gasteiger partial charge on any atom is 0.239 e. The Morgan fingerprint density at radius 1 is 1.04 bits per heavy atom. The average Bonchev–Trinajstić information content (AvgIpc) is 2.61. The second-order valence-corrected chi connectivity index (χ2v) is 5.15. The molecule has 0 aromatic heterocycles. The van der Waals surface area contributed by atoms with E-state index in [0.717, 1.165) is 11.3 Å². The van der Waals surface area contributed by atoms with Crippen LogP contribution in [0.3, 0.4) is 0 Å². The van der Waals surface area contributed by atoms with E-state index in [1.807, 2.05) is 6.07 Å². The zero-order valence-electron chi connectivity index (χ0n) is 13.8. The molecule has 0 saturated carbocycles. The summed E-state index contributed by atoms with van der Waals surface area (Å²) < 4.78 is 23.2. The van der Waals surface area contributed by atoms with Crippen LogP contribution in [-0.2, 0) is 11.2 Å². The van der Waals surface area contributed by atoms with Gasteiger partial charge < -0.3 is 20.1 Å². The van der Waals surface area contributed by atoms with Gasteiger partial charge in [-0.2, -0.15) is 0 Å². The molecule has 0 aliphatic rings. The molecular formula is C18H21FN2O3. The summed E-state index contributed by atoms with van der Waals surface area (Å²) in [6, 6.07) is 11.6. The molecule has 0 aliphatic carbocycles. The number of methoxy groups -OCH3 is 2. The van der Waals surface area contributed by atoms with E-state index in [9.17, 15) is 9.18 Å². The third-order valence-corrected chi connectivity index (χ3v) is 3.49. The van der Waals surface area contributed by atoms with Gasteiger partial charge in [-0.3, -0.25) is 4.79 Å². The number of hydrogen-bond acceptors (Lipinski definition) is 4. The predicted molar refractivity (Wildman–Crippen MR) is 91.1 cm³/mol. The van der Waals surface area contributed by atoms with Gasteiger partial charge in [0.2, 0.25) is 5.91 Å². The molecule has 24 heavy (non-hydrogen) atoms. The molecule has 0 unspecified atom stereocenters. The Morgan fingerprint density at radius 3 is 2.42 bits per heavy atom. The van der Waals surface area contributed by atoms with E-state index in [-0.39, 0.29) is 18.3 Å². The fraction of sp³-hybridized carbons (Fsp3) is 0.278. The molecule has 0 atom stereocenters. The van der Waals surface area contributed by atoms with Gasteiger partial charge in [-0.25, -0.2) is 4.39 Å². The molecule has 2 N–H and O–H groups in total. The van der Waals surface area contributed by atoms with Crippen molar-refractivity contribution in [3.63, 3.8) is 0 Å². The van der Waals surface area contributed by atoms with Gasteiger partial charge in [0.05, 0.1) is 20.8 Å². The molecule has 1 amide bonds. The minimum absolute atomic E-state index is 0.119. The van der Waals surface area contributed by atoms with Crippen LogP contribution in [0.15, 0.2) is 42.5 Å². The summed E-state index contributed by atoms with van der Waals surface area (Å²) in [6.45, 7) is 0.650. The average molecular weight is 332 g/mol. The number of benzene rings is 2.